The van der Waals surface area contributed by atoms with Crippen molar-refractivity contribution in [3.63, 3.8) is 0 Å². The van der Waals surface area contributed by atoms with Gasteiger partial charge in [-0.05, 0) is 49.7 Å². The quantitative estimate of drug-likeness (QED) is 0.652. The summed E-state index contributed by atoms with van der Waals surface area (Å²) in [6, 6.07) is 15.0. The van der Waals surface area contributed by atoms with E-state index < -0.39 is 0 Å². The van der Waals surface area contributed by atoms with Crippen LogP contribution in [0.15, 0.2) is 54.2 Å². The zero-order chi connectivity index (χ0) is 22.8. The predicted molar refractivity (Wildman–Crippen MR) is 126 cm³/mol. The molecule has 2 amide bonds. The van der Waals surface area contributed by atoms with Gasteiger partial charge in [-0.3, -0.25) is 9.59 Å². The third kappa shape index (κ3) is 4.41. The normalized spacial score (nSPS) is 17.7. The highest BCUT2D eigenvalue weighted by molar-refractivity contribution is 6.45. The number of carbonyl (C=O) groups excluding carboxylic acids is 2. The first-order chi connectivity index (χ1) is 15.3. The maximum absolute atomic E-state index is 13.6. The van der Waals surface area contributed by atoms with Gasteiger partial charge in [0.05, 0.1) is 17.9 Å². The lowest BCUT2D eigenvalue weighted by atomic mass is 10.0. The fourth-order valence-electron chi connectivity index (χ4n) is 4.01. The highest BCUT2D eigenvalue weighted by Crippen LogP contribution is 2.35. The maximum Gasteiger partial charge on any atom is 0.282 e. The van der Waals surface area contributed by atoms with Crippen LogP contribution in [-0.4, -0.2) is 61.4 Å². The summed E-state index contributed by atoms with van der Waals surface area (Å²) < 4.78 is 5.80. The molecule has 0 radical (unpaired) electrons. The summed E-state index contributed by atoms with van der Waals surface area (Å²) >= 11 is 0. The molecule has 0 bridgehead atoms. The van der Waals surface area contributed by atoms with Gasteiger partial charge in [0.25, 0.3) is 11.8 Å². The number of ether oxygens (including phenoxy) is 1. The van der Waals surface area contributed by atoms with E-state index in [2.05, 4.69) is 30.7 Å². The first-order valence-electron chi connectivity index (χ1n) is 11.2. The smallest absolute Gasteiger partial charge is 0.282 e. The molecule has 2 aromatic rings. The van der Waals surface area contributed by atoms with Crippen LogP contribution >= 0.6 is 0 Å². The van der Waals surface area contributed by atoms with E-state index in [1.807, 2.05) is 55.5 Å². The van der Waals surface area contributed by atoms with E-state index in [4.69, 9.17) is 4.74 Å². The second kappa shape index (κ2) is 9.17. The van der Waals surface area contributed by atoms with Gasteiger partial charge in [0.1, 0.15) is 11.4 Å². The van der Waals surface area contributed by atoms with Crippen molar-refractivity contribution in [3.8, 4) is 5.75 Å². The van der Waals surface area contributed by atoms with E-state index in [0.717, 1.165) is 30.0 Å². The van der Waals surface area contributed by atoms with Crippen LogP contribution in [0.3, 0.4) is 0 Å². The van der Waals surface area contributed by atoms with E-state index in [9.17, 15) is 9.59 Å². The fourth-order valence-corrected chi connectivity index (χ4v) is 4.01. The number of likely N-dealkylation sites (N-methyl/N-ethyl adjacent to an activating group) is 1. The second-order valence-corrected chi connectivity index (χ2v) is 9.02. The van der Waals surface area contributed by atoms with Gasteiger partial charge in [0.2, 0.25) is 0 Å². The largest absolute Gasteiger partial charge is 0.493 e. The first-order valence-corrected chi connectivity index (χ1v) is 11.2. The fraction of sp³-hybridized carbons (Fsp3) is 0.385. The second-order valence-electron chi connectivity index (χ2n) is 9.02. The summed E-state index contributed by atoms with van der Waals surface area (Å²) in [5, 5.41) is 0. The monoisotopic (exact) mass is 433 g/mol. The molecule has 4 rings (SSSR count). The average molecular weight is 434 g/mol. The molecule has 32 heavy (non-hydrogen) atoms. The molecule has 1 saturated heterocycles. The molecular weight excluding hydrogens is 402 g/mol. The highest BCUT2D eigenvalue weighted by Gasteiger charge is 2.42. The van der Waals surface area contributed by atoms with Gasteiger partial charge in [0.15, 0.2) is 0 Å². The molecule has 2 aliphatic rings. The summed E-state index contributed by atoms with van der Waals surface area (Å²) in [7, 11) is 2.07. The van der Waals surface area contributed by atoms with E-state index in [0.29, 0.717) is 42.6 Å². The number of piperazine rings is 1. The molecule has 2 aliphatic heterocycles. The van der Waals surface area contributed by atoms with Gasteiger partial charge in [0, 0.05) is 26.2 Å². The number of benzene rings is 2. The van der Waals surface area contributed by atoms with Gasteiger partial charge in [-0.1, -0.05) is 43.7 Å². The van der Waals surface area contributed by atoms with Gasteiger partial charge < -0.3 is 14.5 Å². The summed E-state index contributed by atoms with van der Waals surface area (Å²) in [6.45, 7) is 9.95. The molecule has 0 atom stereocenters. The van der Waals surface area contributed by atoms with Crippen LogP contribution in [-0.2, 0) is 9.59 Å². The van der Waals surface area contributed by atoms with Crippen molar-refractivity contribution in [1.29, 1.82) is 0 Å². The summed E-state index contributed by atoms with van der Waals surface area (Å²) in [6.07, 6.45) is 0. The Bertz CT molecular complexity index is 1020. The molecular formula is C26H31N3O3. The van der Waals surface area contributed by atoms with Crippen molar-refractivity contribution in [1.82, 2.24) is 9.80 Å². The van der Waals surface area contributed by atoms with Gasteiger partial charge in [-0.25, -0.2) is 4.90 Å². The van der Waals surface area contributed by atoms with E-state index in [-0.39, 0.29) is 11.8 Å². The molecule has 0 spiro atoms. The summed E-state index contributed by atoms with van der Waals surface area (Å²) in [5.41, 5.74) is 3.39. The van der Waals surface area contributed by atoms with Crippen molar-refractivity contribution in [2.24, 2.45) is 5.92 Å². The van der Waals surface area contributed by atoms with Gasteiger partial charge in [-0.2, -0.15) is 0 Å². The van der Waals surface area contributed by atoms with E-state index in [1.165, 1.54) is 4.90 Å². The molecule has 2 heterocycles. The Morgan fingerprint density at radius 1 is 0.875 bits per heavy atom. The first kappa shape index (κ1) is 22.1. The number of imide groups is 1. The van der Waals surface area contributed by atoms with E-state index >= 15 is 0 Å². The van der Waals surface area contributed by atoms with Crippen molar-refractivity contribution >= 4 is 23.1 Å². The van der Waals surface area contributed by atoms with E-state index in [1.54, 1.807) is 0 Å². The third-order valence-corrected chi connectivity index (χ3v) is 5.90. The minimum atomic E-state index is -0.274. The summed E-state index contributed by atoms with van der Waals surface area (Å²) in [4.78, 5) is 32.8. The average Bonchev–Trinajstić information content (AvgIpc) is 3.04. The number of aryl methyl sites for hydroxylation is 1. The van der Waals surface area contributed by atoms with Crippen LogP contribution in [0.25, 0.3) is 5.57 Å². The highest BCUT2D eigenvalue weighted by atomic mass is 16.5. The minimum Gasteiger partial charge on any atom is -0.493 e. The van der Waals surface area contributed by atoms with Crippen LogP contribution in [0, 0.1) is 12.8 Å². The molecule has 6 nitrogen and oxygen atoms in total. The van der Waals surface area contributed by atoms with Crippen LogP contribution in [0.4, 0.5) is 5.69 Å². The van der Waals surface area contributed by atoms with Gasteiger partial charge >= 0.3 is 0 Å². The molecule has 0 unspecified atom stereocenters. The van der Waals surface area contributed by atoms with Crippen molar-refractivity contribution < 1.29 is 14.3 Å². The standard InChI is InChI=1S/C26H31N3O3/c1-18(2)17-32-22-11-7-20(8-12-22)23-24(28-15-13-27(4)14-16-28)26(31)29(25(23)30)21-9-5-19(3)6-10-21/h5-12,18H,13-17H2,1-4H3. The topological polar surface area (TPSA) is 53.1 Å². The Balaban J connectivity index is 1.71. The number of rotatable bonds is 6. The Morgan fingerprint density at radius 2 is 1.50 bits per heavy atom. The van der Waals surface area contributed by atoms with Crippen LogP contribution in [0.2, 0.25) is 0 Å². The SMILES string of the molecule is Cc1ccc(N2C(=O)C(c3ccc(OCC(C)C)cc3)=C(N3CCN(C)CC3)C2=O)cc1. The van der Waals surface area contributed by atoms with Crippen LogP contribution in [0.5, 0.6) is 5.75 Å². The number of amides is 2. The van der Waals surface area contributed by atoms with Crippen LogP contribution < -0.4 is 9.64 Å². The number of nitrogens with zero attached hydrogens (tertiary/aromatic N) is 3. The molecule has 1 fully saturated rings. The predicted octanol–water partition coefficient (Wildman–Crippen LogP) is 3.56. The number of anilines is 1. The Labute approximate surface area is 190 Å². The van der Waals surface area contributed by atoms with Crippen molar-refractivity contribution in [3.05, 3.63) is 65.4 Å². The molecule has 168 valence electrons. The van der Waals surface area contributed by atoms with Crippen molar-refractivity contribution in [2.75, 3.05) is 44.7 Å². The lowest BCUT2D eigenvalue weighted by Gasteiger charge is -2.34. The maximum atomic E-state index is 13.6. The number of hydrogen-bond donors (Lipinski definition) is 0. The molecule has 0 aromatic heterocycles. The number of carbonyl (C=O) groups is 2. The lowest BCUT2D eigenvalue weighted by molar-refractivity contribution is -0.120. The van der Waals surface area contributed by atoms with Gasteiger partial charge in [-0.15, -0.1) is 0 Å². The molecule has 0 saturated carbocycles. The molecule has 0 aliphatic carbocycles. The Hall–Kier alpha value is -3.12. The van der Waals surface area contributed by atoms with Crippen LogP contribution in [0.1, 0.15) is 25.0 Å². The summed E-state index contributed by atoms with van der Waals surface area (Å²) in [5.74, 6) is 0.664. The molecule has 0 N–H and O–H groups in total. The Morgan fingerprint density at radius 3 is 2.09 bits per heavy atom. The molecule has 2 aromatic carbocycles. The zero-order valence-corrected chi connectivity index (χ0v) is 19.3. The third-order valence-electron chi connectivity index (χ3n) is 5.90. The molecule has 6 heteroatoms. The van der Waals surface area contributed by atoms with Crippen molar-refractivity contribution in [2.45, 2.75) is 20.8 Å². The Kier molecular flexibility index (Phi) is 6.33. The zero-order valence-electron chi connectivity index (χ0n) is 19.3. The minimum absolute atomic E-state index is 0.251. The lowest BCUT2D eigenvalue weighted by Crippen LogP contribution is -2.46. The number of hydrogen-bond acceptors (Lipinski definition) is 5.